The van der Waals surface area contributed by atoms with E-state index in [1.54, 1.807) is 48.2 Å². The Morgan fingerprint density at radius 2 is 1.79 bits per heavy atom. The van der Waals surface area contributed by atoms with Crippen molar-refractivity contribution in [3.63, 3.8) is 0 Å². The van der Waals surface area contributed by atoms with Gasteiger partial charge in [-0.1, -0.05) is 42.5 Å². The van der Waals surface area contributed by atoms with Gasteiger partial charge in [0, 0.05) is 31.3 Å². The van der Waals surface area contributed by atoms with Gasteiger partial charge in [-0.3, -0.25) is 14.4 Å². The minimum absolute atomic E-state index is 0.0759. The zero-order chi connectivity index (χ0) is 24.1. The van der Waals surface area contributed by atoms with Gasteiger partial charge in [-0.25, -0.2) is 0 Å². The van der Waals surface area contributed by atoms with Crippen LogP contribution in [0.5, 0.6) is 11.5 Å². The van der Waals surface area contributed by atoms with Gasteiger partial charge in [-0.05, 0) is 49.2 Å². The number of nitrogens with one attached hydrogen (secondary N) is 1. The van der Waals surface area contributed by atoms with Crippen molar-refractivity contribution in [2.24, 2.45) is 0 Å². The molecule has 1 N–H and O–H groups in total. The maximum atomic E-state index is 12.9. The number of esters is 1. The summed E-state index contributed by atoms with van der Waals surface area (Å²) >= 11 is 0. The number of para-hydroxylation sites is 1. The van der Waals surface area contributed by atoms with Crippen molar-refractivity contribution >= 4 is 23.5 Å². The quantitative estimate of drug-likeness (QED) is 0.442. The van der Waals surface area contributed by atoms with E-state index in [0.29, 0.717) is 24.5 Å². The molecule has 4 rings (SSSR count). The van der Waals surface area contributed by atoms with Crippen LogP contribution in [0, 0.1) is 0 Å². The molecule has 2 amide bonds. The lowest BCUT2D eigenvalue weighted by molar-refractivity contribution is -0.137. The third-order valence-electron chi connectivity index (χ3n) is 5.54. The van der Waals surface area contributed by atoms with Gasteiger partial charge in [0.1, 0.15) is 11.5 Å². The summed E-state index contributed by atoms with van der Waals surface area (Å²) < 4.78 is 11.0. The number of benzene rings is 3. The minimum atomic E-state index is -0.604. The summed E-state index contributed by atoms with van der Waals surface area (Å²) in [5, 5.41) is 2.85. The predicted octanol–water partition coefficient (Wildman–Crippen LogP) is 4.22. The van der Waals surface area contributed by atoms with Crippen LogP contribution in [0.15, 0.2) is 72.8 Å². The largest absolute Gasteiger partial charge is 0.481 e. The molecule has 1 unspecified atom stereocenters. The molecule has 0 aromatic heterocycles. The number of carbonyl (C=O) groups is 3. The van der Waals surface area contributed by atoms with E-state index in [1.165, 1.54) is 6.92 Å². The van der Waals surface area contributed by atoms with Crippen molar-refractivity contribution in [1.82, 2.24) is 4.90 Å². The molecule has 1 heterocycles. The number of anilines is 1. The van der Waals surface area contributed by atoms with E-state index in [2.05, 4.69) is 5.32 Å². The van der Waals surface area contributed by atoms with E-state index in [9.17, 15) is 14.4 Å². The fraction of sp³-hybridized carbons (Fsp3) is 0.222. The molecule has 174 valence electrons. The van der Waals surface area contributed by atoms with Crippen molar-refractivity contribution in [3.8, 4) is 11.5 Å². The molecule has 0 radical (unpaired) electrons. The van der Waals surface area contributed by atoms with Crippen LogP contribution in [-0.2, 0) is 22.6 Å². The molecule has 0 saturated heterocycles. The molecule has 3 aromatic carbocycles. The van der Waals surface area contributed by atoms with Crippen LogP contribution in [0.4, 0.5) is 5.69 Å². The third-order valence-corrected chi connectivity index (χ3v) is 5.54. The van der Waals surface area contributed by atoms with Gasteiger partial charge < -0.3 is 19.7 Å². The molecule has 34 heavy (non-hydrogen) atoms. The summed E-state index contributed by atoms with van der Waals surface area (Å²) in [4.78, 5) is 38.9. The Morgan fingerprint density at radius 3 is 2.56 bits per heavy atom. The van der Waals surface area contributed by atoms with Gasteiger partial charge in [0.15, 0.2) is 6.10 Å². The standard InChI is InChI=1S/C27H26N2O5/c1-18-27(32)29(15-14-20-8-4-3-5-9-20)17-21-16-22(12-13-24(21)33-18)28-26(31)23-10-6-7-11-25(23)34-19(2)30/h3-13,16,18H,14-15,17H2,1-2H3,(H,28,31). The lowest BCUT2D eigenvalue weighted by Gasteiger charge is -2.22. The maximum absolute atomic E-state index is 12.9. The van der Waals surface area contributed by atoms with Crippen molar-refractivity contribution < 1.29 is 23.9 Å². The van der Waals surface area contributed by atoms with E-state index in [-0.39, 0.29) is 17.2 Å². The van der Waals surface area contributed by atoms with Crippen LogP contribution in [0.25, 0.3) is 0 Å². The molecule has 1 atom stereocenters. The lowest BCUT2D eigenvalue weighted by Crippen LogP contribution is -2.39. The molecule has 0 fully saturated rings. The molecule has 0 spiro atoms. The third kappa shape index (κ3) is 5.43. The monoisotopic (exact) mass is 458 g/mol. The smallest absolute Gasteiger partial charge is 0.308 e. The van der Waals surface area contributed by atoms with Gasteiger partial charge in [0.25, 0.3) is 11.8 Å². The Hall–Kier alpha value is -4.13. The Bertz CT molecular complexity index is 1210. The summed E-state index contributed by atoms with van der Waals surface area (Å²) in [5.74, 6) is -0.181. The average molecular weight is 459 g/mol. The summed E-state index contributed by atoms with van der Waals surface area (Å²) in [6.45, 7) is 3.96. The summed E-state index contributed by atoms with van der Waals surface area (Å²) in [7, 11) is 0. The number of hydrogen-bond acceptors (Lipinski definition) is 5. The Morgan fingerprint density at radius 1 is 1.06 bits per heavy atom. The van der Waals surface area contributed by atoms with Crippen molar-refractivity contribution in [2.45, 2.75) is 32.9 Å². The zero-order valence-corrected chi connectivity index (χ0v) is 19.1. The Balaban J connectivity index is 1.52. The molecule has 7 heteroatoms. The number of amides is 2. The Labute approximate surface area is 198 Å². The highest BCUT2D eigenvalue weighted by molar-refractivity contribution is 6.06. The second kappa shape index (κ2) is 10.2. The molecular weight excluding hydrogens is 432 g/mol. The molecular formula is C27H26N2O5. The second-order valence-corrected chi connectivity index (χ2v) is 8.12. The number of rotatable bonds is 6. The first kappa shape index (κ1) is 23.0. The van der Waals surface area contributed by atoms with Gasteiger partial charge in [0.05, 0.1) is 5.56 Å². The fourth-order valence-electron chi connectivity index (χ4n) is 3.87. The first-order valence-electron chi connectivity index (χ1n) is 11.1. The van der Waals surface area contributed by atoms with Crippen LogP contribution in [0.1, 0.15) is 35.3 Å². The molecule has 1 aliphatic heterocycles. The van der Waals surface area contributed by atoms with Gasteiger partial charge in [0.2, 0.25) is 0 Å². The van der Waals surface area contributed by atoms with E-state index in [4.69, 9.17) is 9.47 Å². The van der Waals surface area contributed by atoms with E-state index in [0.717, 1.165) is 17.5 Å². The summed E-state index contributed by atoms with van der Waals surface area (Å²) in [6, 6.07) is 21.8. The number of fused-ring (bicyclic) bond motifs is 1. The van der Waals surface area contributed by atoms with Crippen LogP contribution >= 0.6 is 0 Å². The zero-order valence-electron chi connectivity index (χ0n) is 19.1. The molecule has 3 aromatic rings. The van der Waals surface area contributed by atoms with E-state index in [1.807, 2.05) is 36.4 Å². The molecule has 0 saturated carbocycles. The summed E-state index contributed by atoms with van der Waals surface area (Å²) in [5.41, 5.74) is 2.75. The fourth-order valence-corrected chi connectivity index (χ4v) is 3.87. The van der Waals surface area contributed by atoms with Gasteiger partial charge >= 0.3 is 5.97 Å². The first-order chi connectivity index (χ1) is 16.4. The van der Waals surface area contributed by atoms with Crippen LogP contribution in [0.3, 0.4) is 0 Å². The number of carbonyl (C=O) groups excluding carboxylic acids is 3. The predicted molar refractivity (Wildman–Crippen MR) is 128 cm³/mol. The van der Waals surface area contributed by atoms with Crippen LogP contribution < -0.4 is 14.8 Å². The average Bonchev–Trinajstić information content (AvgIpc) is 2.94. The highest BCUT2D eigenvalue weighted by Gasteiger charge is 2.28. The molecule has 1 aliphatic rings. The molecule has 0 aliphatic carbocycles. The SMILES string of the molecule is CC(=O)Oc1ccccc1C(=O)Nc1ccc2c(c1)CN(CCc1ccccc1)C(=O)C(C)O2. The topological polar surface area (TPSA) is 84.9 Å². The van der Waals surface area contributed by atoms with Crippen LogP contribution in [0.2, 0.25) is 0 Å². The van der Waals surface area contributed by atoms with Crippen LogP contribution in [-0.4, -0.2) is 35.3 Å². The highest BCUT2D eigenvalue weighted by Crippen LogP contribution is 2.29. The van der Waals surface area contributed by atoms with Crippen molar-refractivity contribution in [1.29, 1.82) is 0 Å². The number of hydrogen-bond donors (Lipinski definition) is 1. The molecule has 7 nitrogen and oxygen atoms in total. The van der Waals surface area contributed by atoms with E-state index < -0.39 is 18.0 Å². The molecule has 0 bridgehead atoms. The number of nitrogens with zero attached hydrogens (tertiary/aromatic N) is 1. The maximum Gasteiger partial charge on any atom is 0.308 e. The van der Waals surface area contributed by atoms with Crippen molar-refractivity contribution in [2.75, 3.05) is 11.9 Å². The van der Waals surface area contributed by atoms with Crippen molar-refractivity contribution in [3.05, 3.63) is 89.5 Å². The second-order valence-electron chi connectivity index (χ2n) is 8.12. The van der Waals surface area contributed by atoms with E-state index >= 15 is 0 Å². The number of ether oxygens (including phenoxy) is 2. The summed E-state index contributed by atoms with van der Waals surface area (Å²) in [6.07, 6.45) is 0.130. The normalized spacial score (nSPS) is 15.1. The minimum Gasteiger partial charge on any atom is -0.481 e. The van der Waals surface area contributed by atoms with Gasteiger partial charge in [-0.2, -0.15) is 0 Å². The first-order valence-corrected chi connectivity index (χ1v) is 11.1. The Kier molecular flexibility index (Phi) is 6.92. The highest BCUT2D eigenvalue weighted by atomic mass is 16.5. The van der Waals surface area contributed by atoms with Gasteiger partial charge in [-0.15, -0.1) is 0 Å². The lowest BCUT2D eigenvalue weighted by atomic mass is 10.1.